The molecule has 19 heavy (non-hydrogen) atoms. The van der Waals surface area contributed by atoms with Gasteiger partial charge in [-0.15, -0.1) is 5.10 Å². The van der Waals surface area contributed by atoms with Crippen molar-refractivity contribution in [1.82, 2.24) is 19.9 Å². The third-order valence-electron chi connectivity index (χ3n) is 3.25. The number of rotatable bonds is 4. The Hall–Kier alpha value is -1.96. The van der Waals surface area contributed by atoms with E-state index < -0.39 is 5.97 Å². The highest BCUT2D eigenvalue weighted by Crippen LogP contribution is 2.18. The zero-order chi connectivity index (χ0) is 13.8. The van der Waals surface area contributed by atoms with Gasteiger partial charge in [-0.25, -0.2) is 0 Å². The van der Waals surface area contributed by atoms with Crippen LogP contribution in [0.2, 0.25) is 0 Å². The number of aromatic nitrogens is 3. The van der Waals surface area contributed by atoms with Gasteiger partial charge >= 0.3 is 5.97 Å². The molecule has 1 aliphatic rings. The minimum Gasteiger partial charge on any atom is -0.481 e. The fraction of sp³-hybridized carbons (Fsp3) is 0.636. The lowest BCUT2D eigenvalue weighted by molar-refractivity contribution is -0.143. The summed E-state index contributed by atoms with van der Waals surface area (Å²) in [6.45, 7) is 1.83. The summed E-state index contributed by atoms with van der Waals surface area (Å²) in [7, 11) is 0. The molecule has 1 aliphatic heterocycles. The molecule has 0 bridgehead atoms. The molecule has 0 unspecified atom stereocenters. The van der Waals surface area contributed by atoms with Crippen molar-refractivity contribution in [3.05, 3.63) is 11.9 Å². The number of carbonyl (C=O) groups excluding carboxylic acids is 1. The fourth-order valence-corrected chi connectivity index (χ4v) is 2.13. The van der Waals surface area contributed by atoms with Gasteiger partial charge in [-0.05, 0) is 12.8 Å². The van der Waals surface area contributed by atoms with Gasteiger partial charge in [0.2, 0.25) is 0 Å². The Bertz CT molecular complexity index is 465. The van der Waals surface area contributed by atoms with E-state index in [1.807, 2.05) is 0 Å². The first-order valence-corrected chi connectivity index (χ1v) is 6.24. The molecular formula is C11H17N5O3. The first-order chi connectivity index (χ1) is 9.11. The minimum absolute atomic E-state index is 0.202. The summed E-state index contributed by atoms with van der Waals surface area (Å²) in [5.41, 5.74) is 5.67. The summed E-state index contributed by atoms with van der Waals surface area (Å²) in [5.74, 6) is -1.34. The first kappa shape index (κ1) is 13.5. The van der Waals surface area contributed by atoms with E-state index in [0.717, 1.165) is 0 Å². The SMILES string of the molecule is NCCn1cc(C(=O)N2CCC(C(=O)O)CC2)nn1. The highest BCUT2D eigenvalue weighted by atomic mass is 16.4. The lowest BCUT2D eigenvalue weighted by Gasteiger charge is -2.29. The highest BCUT2D eigenvalue weighted by molar-refractivity contribution is 5.92. The standard InChI is InChI=1S/C11H17N5O3/c12-3-6-16-7-9(13-14-16)10(17)15-4-1-8(2-5-15)11(18)19/h7-8H,1-6,12H2,(H,18,19). The second-order valence-electron chi connectivity index (χ2n) is 4.56. The first-order valence-electron chi connectivity index (χ1n) is 6.24. The van der Waals surface area contributed by atoms with Crippen molar-refractivity contribution in [3.8, 4) is 0 Å². The molecule has 0 aliphatic carbocycles. The average molecular weight is 267 g/mol. The summed E-state index contributed by atoms with van der Waals surface area (Å²) in [6, 6.07) is 0. The number of nitrogens with two attached hydrogens (primary N) is 1. The molecule has 3 N–H and O–H groups in total. The van der Waals surface area contributed by atoms with Crippen LogP contribution in [0.25, 0.3) is 0 Å². The molecule has 1 aromatic heterocycles. The quantitative estimate of drug-likeness (QED) is 0.736. The van der Waals surface area contributed by atoms with Crippen molar-refractivity contribution in [2.45, 2.75) is 19.4 Å². The van der Waals surface area contributed by atoms with Gasteiger partial charge in [0.1, 0.15) is 0 Å². The van der Waals surface area contributed by atoms with Crippen molar-refractivity contribution in [2.24, 2.45) is 11.7 Å². The van der Waals surface area contributed by atoms with Gasteiger partial charge in [0.25, 0.3) is 5.91 Å². The zero-order valence-electron chi connectivity index (χ0n) is 10.5. The normalized spacial score (nSPS) is 16.6. The molecule has 0 saturated carbocycles. The van der Waals surface area contributed by atoms with Crippen LogP contribution in [-0.4, -0.2) is 56.5 Å². The van der Waals surface area contributed by atoms with Crippen LogP contribution >= 0.6 is 0 Å². The molecule has 0 atom stereocenters. The number of piperidine rings is 1. The van der Waals surface area contributed by atoms with Crippen molar-refractivity contribution in [3.63, 3.8) is 0 Å². The van der Waals surface area contributed by atoms with Gasteiger partial charge in [0.05, 0.1) is 18.7 Å². The molecule has 8 heteroatoms. The zero-order valence-corrected chi connectivity index (χ0v) is 10.5. The lowest BCUT2D eigenvalue weighted by Crippen LogP contribution is -2.40. The van der Waals surface area contributed by atoms with Crippen LogP contribution in [-0.2, 0) is 11.3 Å². The Morgan fingerprint density at radius 3 is 2.68 bits per heavy atom. The molecule has 1 fully saturated rings. The highest BCUT2D eigenvalue weighted by Gasteiger charge is 2.28. The average Bonchev–Trinajstić information content (AvgIpc) is 2.87. The molecule has 0 spiro atoms. The molecule has 2 heterocycles. The third-order valence-corrected chi connectivity index (χ3v) is 3.25. The molecule has 104 valence electrons. The number of hydrogen-bond donors (Lipinski definition) is 2. The molecule has 1 aromatic rings. The van der Waals surface area contributed by atoms with Crippen LogP contribution < -0.4 is 5.73 Å². The van der Waals surface area contributed by atoms with E-state index >= 15 is 0 Å². The van der Waals surface area contributed by atoms with Crippen molar-refractivity contribution in [1.29, 1.82) is 0 Å². The Morgan fingerprint density at radius 1 is 1.42 bits per heavy atom. The topological polar surface area (TPSA) is 114 Å². The van der Waals surface area contributed by atoms with Gasteiger partial charge in [-0.1, -0.05) is 5.21 Å². The molecular weight excluding hydrogens is 250 g/mol. The summed E-state index contributed by atoms with van der Waals surface area (Å²) >= 11 is 0. The Kier molecular flexibility index (Phi) is 4.10. The fourth-order valence-electron chi connectivity index (χ4n) is 2.13. The van der Waals surface area contributed by atoms with Crippen LogP contribution in [0.5, 0.6) is 0 Å². The maximum absolute atomic E-state index is 12.1. The molecule has 1 saturated heterocycles. The van der Waals surface area contributed by atoms with Crippen LogP contribution in [0.4, 0.5) is 0 Å². The molecule has 0 aromatic carbocycles. The van der Waals surface area contributed by atoms with E-state index in [9.17, 15) is 9.59 Å². The summed E-state index contributed by atoms with van der Waals surface area (Å²) in [5, 5.41) is 16.5. The van der Waals surface area contributed by atoms with E-state index in [4.69, 9.17) is 10.8 Å². The van der Waals surface area contributed by atoms with Crippen LogP contribution in [0.1, 0.15) is 23.3 Å². The molecule has 1 amide bonds. The molecule has 8 nitrogen and oxygen atoms in total. The lowest BCUT2D eigenvalue weighted by atomic mass is 9.97. The van der Waals surface area contributed by atoms with Gasteiger partial charge in [0.15, 0.2) is 5.69 Å². The molecule has 2 rings (SSSR count). The Labute approximate surface area is 110 Å². The van der Waals surface area contributed by atoms with Crippen LogP contribution in [0.3, 0.4) is 0 Å². The van der Waals surface area contributed by atoms with Gasteiger partial charge in [-0.2, -0.15) is 0 Å². The second kappa shape index (κ2) is 5.79. The molecule has 0 radical (unpaired) electrons. The number of carboxylic acid groups (broad SMARTS) is 1. The smallest absolute Gasteiger partial charge is 0.306 e. The predicted molar refractivity (Wildman–Crippen MR) is 65.3 cm³/mol. The van der Waals surface area contributed by atoms with E-state index in [1.54, 1.807) is 11.1 Å². The number of nitrogens with zero attached hydrogens (tertiary/aromatic N) is 4. The monoisotopic (exact) mass is 267 g/mol. The van der Waals surface area contributed by atoms with Crippen molar-refractivity contribution in [2.75, 3.05) is 19.6 Å². The second-order valence-corrected chi connectivity index (χ2v) is 4.56. The summed E-state index contributed by atoms with van der Waals surface area (Å²) < 4.78 is 1.53. The summed E-state index contributed by atoms with van der Waals surface area (Å²) in [4.78, 5) is 24.6. The van der Waals surface area contributed by atoms with E-state index in [0.29, 0.717) is 39.0 Å². The van der Waals surface area contributed by atoms with E-state index in [1.165, 1.54) is 4.68 Å². The van der Waals surface area contributed by atoms with Crippen LogP contribution in [0, 0.1) is 5.92 Å². The van der Waals surface area contributed by atoms with Crippen LogP contribution in [0.15, 0.2) is 6.20 Å². The van der Waals surface area contributed by atoms with Crippen molar-refractivity contribution >= 4 is 11.9 Å². The minimum atomic E-state index is -0.791. The maximum atomic E-state index is 12.1. The van der Waals surface area contributed by atoms with Gasteiger partial charge < -0.3 is 15.7 Å². The Morgan fingerprint density at radius 2 is 2.11 bits per heavy atom. The summed E-state index contributed by atoms with van der Waals surface area (Å²) in [6.07, 6.45) is 2.54. The number of likely N-dealkylation sites (tertiary alicyclic amines) is 1. The van der Waals surface area contributed by atoms with Gasteiger partial charge in [0, 0.05) is 19.6 Å². The number of carbonyl (C=O) groups is 2. The predicted octanol–water partition coefficient (Wildman–Crippen LogP) is -0.826. The number of aliphatic carboxylic acids is 1. The number of hydrogen-bond acceptors (Lipinski definition) is 5. The van der Waals surface area contributed by atoms with Crippen molar-refractivity contribution < 1.29 is 14.7 Å². The Balaban J connectivity index is 1.95. The largest absolute Gasteiger partial charge is 0.481 e. The van der Waals surface area contributed by atoms with Gasteiger partial charge in [-0.3, -0.25) is 14.3 Å². The third kappa shape index (κ3) is 3.08. The number of amides is 1. The maximum Gasteiger partial charge on any atom is 0.306 e. The van der Waals surface area contributed by atoms with E-state index in [2.05, 4.69) is 10.3 Å². The van der Waals surface area contributed by atoms with E-state index in [-0.39, 0.29) is 17.5 Å². The number of carboxylic acids is 1.